The fraction of sp³-hybridized carbons (Fsp3) is 0.667. The Bertz CT molecular complexity index is 470. The van der Waals surface area contributed by atoms with E-state index < -0.39 is 0 Å². The van der Waals surface area contributed by atoms with Crippen molar-refractivity contribution in [1.29, 1.82) is 0 Å². The molecule has 102 valence electrons. The number of hydrogen-bond donors (Lipinski definition) is 1. The molecule has 1 aromatic carbocycles. The fourth-order valence-electron chi connectivity index (χ4n) is 5.75. The maximum absolute atomic E-state index is 6.14. The van der Waals surface area contributed by atoms with Crippen LogP contribution in [0.5, 0.6) is 0 Å². The van der Waals surface area contributed by atoms with Gasteiger partial charge in [-0.2, -0.15) is 0 Å². The molecule has 0 amide bonds. The van der Waals surface area contributed by atoms with Gasteiger partial charge in [-0.25, -0.2) is 0 Å². The monoisotopic (exact) mass is 255 g/mol. The summed E-state index contributed by atoms with van der Waals surface area (Å²) in [7, 11) is 0. The van der Waals surface area contributed by atoms with E-state index in [0.717, 1.165) is 23.4 Å². The lowest BCUT2D eigenvalue weighted by atomic mass is 9.48. The van der Waals surface area contributed by atoms with Crippen LogP contribution in [0.3, 0.4) is 0 Å². The quantitative estimate of drug-likeness (QED) is 0.742. The first-order valence-corrected chi connectivity index (χ1v) is 7.93. The van der Waals surface area contributed by atoms with Crippen LogP contribution in [-0.4, -0.2) is 0 Å². The van der Waals surface area contributed by atoms with Crippen LogP contribution in [0.2, 0.25) is 0 Å². The Labute approximate surface area is 116 Å². The molecule has 5 rings (SSSR count). The van der Waals surface area contributed by atoms with Crippen molar-refractivity contribution < 1.29 is 0 Å². The van der Waals surface area contributed by atoms with E-state index in [-0.39, 0.29) is 0 Å². The second kappa shape index (κ2) is 3.77. The molecule has 0 spiro atoms. The number of rotatable bonds is 1. The Morgan fingerprint density at radius 1 is 0.895 bits per heavy atom. The van der Waals surface area contributed by atoms with Crippen molar-refractivity contribution in [3.8, 4) is 0 Å². The smallest absolute Gasteiger partial charge is 0.0373 e. The molecule has 0 aromatic heterocycles. The van der Waals surface area contributed by atoms with E-state index in [9.17, 15) is 0 Å². The number of anilines is 1. The molecule has 2 N–H and O–H groups in total. The second-order valence-corrected chi connectivity index (χ2v) is 7.72. The van der Waals surface area contributed by atoms with E-state index in [1.165, 1.54) is 49.7 Å². The van der Waals surface area contributed by atoms with Crippen molar-refractivity contribution in [2.75, 3.05) is 5.73 Å². The third kappa shape index (κ3) is 1.67. The average molecular weight is 255 g/mol. The number of nitrogen functional groups attached to an aromatic ring is 1. The van der Waals surface area contributed by atoms with Gasteiger partial charge in [-0.05, 0) is 92.2 Å². The standard InChI is InChI=1S/C18H25N/c1-11-3-16(4-12(2)17(11)19)18-8-13-5-14(9-18)7-15(6-13)10-18/h3-4,13-15H,5-10,19H2,1-2H3. The Balaban J connectivity index is 1.79. The van der Waals surface area contributed by atoms with E-state index in [2.05, 4.69) is 26.0 Å². The second-order valence-electron chi connectivity index (χ2n) is 7.72. The Hall–Kier alpha value is -0.980. The molecular weight excluding hydrogens is 230 g/mol. The summed E-state index contributed by atoms with van der Waals surface area (Å²) in [6.07, 6.45) is 8.90. The van der Waals surface area contributed by atoms with Gasteiger partial charge in [-0.1, -0.05) is 12.1 Å². The summed E-state index contributed by atoms with van der Waals surface area (Å²) in [5.41, 5.74) is 11.8. The topological polar surface area (TPSA) is 26.0 Å². The van der Waals surface area contributed by atoms with Crippen LogP contribution in [0.25, 0.3) is 0 Å². The SMILES string of the molecule is Cc1cc(C23CC4CC(CC(C4)C2)C3)cc(C)c1N. The van der Waals surface area contributed by atoms with E-state index in [1.807, 2.05) is 0 Å². The predicted octanol–water partition coefficient (Wildman–Crippen LogP) is 4.35. The number of benzene rings is 1. The zero-order valence-corrected chi connectivity index (χ0v) is 12.2. The van der Waals surface area contributed by atoms with Crippen LogP contribution >= 0.6 is 0 Å². The van der Waals surface area contributed by atoms with Gasteiger partial charge in [-0.15, -0.1) is 0 Å². The molecule has 0 atom stereocenters. The number of nitrogens with two attached hydrogens (primary N) is 1. The summed E-state index contributed by atoms with van der Waals surface area (Å²) in [6.45, 7) is 4.35. The van der Waals surface area contributed by atoms with Gasteiger partial charge in [0.2, 0.25) is 0 Å². The molecule has 4 bridgehead atoms. The Morgan fingerprint density at radius 2 is 1.32 bits per heavy atom. The Kier molecular flexibility index (Phi) is 2.35. The van der Waals surface area contributed by atoms with Gasteiger partial charge in [0.25, 0.3) is 0 Å². The van der Waals surface area contributed by atoms with Gasteiger partial charge >= 0.3 is 0 Å². The van der Waals surface area contributed by atoms with E-state index in [4.69, 9.17) is 5.73 Å². The molecule has 0 radical (unpaired) electrons. The summed E-state index contributed by atoms with van der Waals surface area (Å²) >= 11 is 0. The minimum absolute atomic E-state index is 0.512. The first kappa shape index (κ1) is 11.8. The summed E-state index contributed by atoms with van der Waals surface area (Å²) in [4.78, 5) is 0. The lowest BCUT2D eigenvalue weighted by Gasteiger charge is -2.57. The van der Waals surface area contributed by atoms with Crippen molar-refractivity contribution in [3.63, 3.8) is 0 Å². The van der Waals surface area contributed by atoms with Gasteiger partial charge in [0.15, 0.2) is 0 Å². The molecule has 1 aromatic rings. The molecule has 1 heteroatoms. The largest absolute Gasteiger partial charge is 0.398 e. The van der Waals surface area contributed by atoms with Crippen molar-refractivity contribution in [3.05, 3.63) is 28.8 Å². The van der Waals surface area contributed by atoms with E-state index in [0.29, 0.717) is 5.41 Å². The van der Waals surface area contributed by atoms with Crippen molar-refractivity contribution in [1.82, 2.24) is 0 Å². The fourth-order valence-corrected chi connectivity index (χ4v) is 5.75. The minimum atomic E-state index is 0.512. The average Bonchev–Trinajstić information content (AvgIpc) is 2.33. The molecule has 4 fully saturated rings. The van der Waals surface area contributed by atoms with Crippen LogP contribution < -0.4 is 5.73 Å². The molecular formula is C18H25N. The van der Waals surface area contributed by atoms with E-state index >= 15 is 0 Å². The molecule has 4 aliphatic carbocycles. The lowest BCUT2D eigenvalue weighted by molar-refractivity contribution is -0.00522. The maximum Gasteiger partial charge on any atom is 0.0373 e. The van der Waals surface area contributed by atoms with Crippen LogP contribution in [0, 0.1) is 31.6 Å². The molecule has 0 saturated heterocycles. The maximum atomic E-state index is 6.14. The van der Waals surface area contributed by atoms with Crippen LogP contribution in [-0.2, 0) is 5.41 Å². The number of hydrogen-bond acceptors (Lipinski definition) is 1. The predicted molar refractivity (Wildman–Crippen MR) is 80.2 cm³/mol. The van der Waals surface area contributed by atoms with Crippen molar-refractivity contribution in [2.45, 2.75) is 57.8 Å². The molecule has 4 saturated carbocycles. The lowest BCUT2D eigenvalue weighted by Crippen LogP contribution is -2.48. The van der Waals surface area contributed by atoms with E-state index in [1.54, 1.807) is 5.56 Å². The molecule has 0 heterocycles. The van der Waals surface area contributed by atoms with Crippen molar-refractivity contribution >= 4 is 5.69 Å². The minimum Gasteiger partial charge on any atom is -0.398 e. The zero-order chi connectivity index (χ0) is 13.2. The number of aryl methyl sites for hydroxylation is 2. The Morgan fingerprint density at radius 3 is 1.74 bits per heavy atom. The molecule has 0 unspecified atom stereocenters. The van der Waals surface area contributed by atoms with Gasteiger partial charge in [0.1, 0.15) is 0 Å². The van der Waals surface area contributed by atoms with Gasteiger partial charge in [0, 0.05) is 5.69 Å². The third-order valence-corrected chi connectivity index (χ3v) is 6.24. The van der Waals surface area contributed by atoms with Crippen LogP contribution in [0.15, 0.2) is 12.1 Å². The summed E-state index contributed by atoms with van der Waals surface area (Å²) < 4.78 is 0. The molecule has 0 aliphatic heterocycles. The highest BCUT2D eigenvalue weighted by molar-refractivity contribution is 5.55. The first-order chi connectivity index (χ1) is 9.06. The molecule has 19 heavy (non-hydrogen) atoms. The normalized spacial score (nSPS) is 39.8. The molecule has 1 nitrogen and oxygen atoms in total. The summed E-state index contributed by atoms with van der Waals surface area (Å²) in [6, 6.07) is 4.80. The van der Waals surface area contributed by atoms with Crippen molar-refractivity contribution in [2.24, 2.45) is 17.8 Å². The first-order valence-electron chi connectivity index (χ1n) is 7.93. The van der Waals surface area contributed by atoms with Gasteiger partial charge in [0.05, 0.1) is 0 Å². The summed E-state index contributed by atoms with van der Waals surface area (Å²) in [5.74, 6) is 3.05. The van der Waals surface area contributed by atoms with Crippen LogP contribution in [0.4, 0.5) is 5.69 Å². The molecule has 4 aliphatic rings. The highest BCUT2D eigenvalue weighted by atomic mass is 14.6. The highest BCUT2D eigenvalue weighted by Crippen LogP contribution is 2.60. The van der Waals surface area contributed by atoms with Crippen LogP contribution in [0.1, 0.15) is 55.2 Å². The van der Waals surface area contributed by atoms with Gasteiger partial charge in [-0.3, -0.25) is 0 Å². The van der Waals surface area contributed by atoms with Gasteiger partial charge < -0.3 is 5.73 Å². The summed E-state index contributed by atoms with van der Waals surface area (Å²) in [5, 5.41) is 0. The third-order valence-electron chi connectivity index (χ3n) is 6.24. The highest BCUT2D eigenvalue weighted by Gasteiger charge is 2.51. The zero-order valence-electron chi connectivity index (χ0n) is 12.2.